The van der Waals surface area contributed by atoms with Crippen molar-refractivity contribution in [2.45, 2.75) is 5.75 Å². The lowest BCUT2D eigenvalue weighted by molar-refractivity contribution is -0.384. The minimum Gasteiger partial charge on any atom is -0.391 e. The van der Waals surface area contributed by atoms with Crippen LogP contribution in [-0.4, -0.2) is 39.9 Å². The highest BCUT2D eigenvalue weighted by molar-refractivity contribution is 7.96. The van der Waals surface area contributed by atoms with Gasteiger partial charge in [-0.15, -0.1) is 0 Å². The van der Waals surface area contributed by atoms with Crippen molar-refractivity contribution in [2.24, 2.45) is 0 Å². The third-order valence-corrected chi connectivity index (χ3v) is 4.51. The molecule has 0 aliphatic heterocycles. The Labute approximate surface area is 103 Å². The first-order valence-corrected chi connectivity index (χ1v) is 6.99. The Hall–Kier alpha value is -1.11. The summed E-state index contributed by atoms with van der Waals surface area (Å²) in [6, 6.07) is 6.50. The van der Waals surface area contributed by atoms with Gasteiger partial charge in [-0.2, -0.15) is 0 Å². The molecule has 0 saturated heterocycles. The first-order chi connectivity index (χ1) is 8.17. The molecule has 0 heterocycles. The molecule has 0 aromatic heterocycles. The fourth-order valence-electron chi connectivity index (χ4n) is 1.50. The zero-order valence-electron chi connectivity index (χ0n) is 9.41. The molecule has 2 N–H and O–H groups in total. The van der Waals surface area contributed by atoms with Crippen molar-refractivity contribution in [3.05, 3.63) is 39.9 Å². The minimum atomic E-state index is -0.417. The second-order valence-electron chi connectivity index (χ2n) is 3.54. The number of aliphatic hydroxyl groups excluding tert-OH is 2. The number of aliphatic hydroxyl groups is 2. The highest BCUT2D eigenvalue weighted by atomic mass is 32.2. The van der Waals surface area contributed by atoms with E-state index in [1.165, 1.54) is 6.07 Å². The number of nitrogens with zero attached hydrogens (tertiary/aromatic N) is 1. The Balaban J connectivity index is 2.71. The normalized spacial score (nSPS) is 10.8. The van der Waals surface area contributed by atoms with E-state index < -0.39 is 4.92 Å². The molecule has 0 atom stereocenters. The maximum Gasteiger partial charge on any atom is 0.269 e. The molecule has 0 unspecified atom stereocenters. The molecule has 5 nitrogen and oxygen atoms in total. The lowest BCUT2D eigenvalue weighted by atomic mass is 10.2. The van der Waals surface area contributed by atoms with Crippen LogP contribution >= 0.6 is 0 Å². The number of benzene rings is 1. The van der Waals surface area contributed by atoms with Gasteiger partial charge in [0.25, 0.3) is 5.69 Å². The number of nitro benzene ring substituents is 1. The maximum atomic E-state index is 10.6. The van der Waals surface area contributed by atoms with E-state index in [4.69, 9.17) is 10.2 Å². The number of nitro groups is 1. The van der Waals surface area contributed by atoms with E-state index in [1.54, 1.807) is 12.1 Å². The van der Waals surface area contributed by atoms with Crippen LogP contribution in [0, 0.1) is 10.1 Å². The van der Waals surface area contributed by atoms with Crippen molar-refractivity contribution in [3.63, 3.8) is 0 Å². The number of non-ortho nitro benzene ring substituents is 1. The van der Waals surface area contributed by atoms with E-state index in [0.29, 0.717) is 17.3 Å². The highest BCUT2D eigenvalue weighted by Crippen LogP contribution is 2.16. The van der Waals surface area contributed by atoms with Crippen LogP contribution in [0.15, 0.2) is 24.3 Å². The first-order valence-electron chi connectivity index (χ1n) is 5.26. The molecule has 0 saturated carbocycles. The number of rotatable bonds is 7. The molecular formula is C11H16NO4S+. The summed E-state index contributed by atoms with van der Waals surface area (Å²) in [7, 11) is -0.120. The molecule has 0 radical (unpaired) electrons. The van der Waals surface area contributed by atoms with Gasteiger partial charge < -0.3 is 10.2 Å². The molecule has 17 heavy (non-hydrogen) atoms. The summed E-state index contributed by atoms with van der Waals surface area (Å²) in [5, 5.41) is 28.4. The largest absolute Gasteiger partial charge is 0.391 e. The van der Waals surface area contributed by atoms with Gasteiger partial charge in [0.1, 0.15) is 17.3 Å². The van der Waals surface area contributed by atoms with Gasteiger partial charge in [0, 0.05) is 17.7 Å². The van der Waals surface area contributed by atoms with E-state index in [0.717, 1.165) is 5.56 Å². The van der Waals surface area contributed by atoms with Gasteiger partial charge in [-0.25, -0.2) is 0 Å². The van der Waals surface area contributed by atoms with E-state index in [2.05, 4.69) is 0 Å². The van der Waals surface area contributed by atoms with E-state index in [-0.39, 0.29) is 29.8 Å². The number of hydrogen-bond acceptors (Lipinski definition) is 4. The SMILES string of the molecule is O=[N+]([O-])c1cccc(C[S+](CCO)CCO)c1. The minimum absolute atomic E-state index is 0.0814. The zero-order valence-corrected chi connectivity index (χ0v) is 10.2. The molecule has 0 aliphatic carbocycles. The predicted octanol–water partition coefficient (Wildman–Crippen LogP) is 0.698. The Morgan fingerprint density at radius 2 is 1.88 bits per heavy atom. The van der Waals surface area contributed by atoms with Crippen molar-refractivity contribution in [2.75, 3.05) is 24.7 Å². The van der Waals surface area contributed by atoms with Gasteiger partial charge >= 0.3 is 0 Å². The van der Waals surface area contributed by atoms with Crippen molar-refractivity contribution < 1.29 is 15.1 Å². The predicted molar refractivity (Wildman–Crippen MR) is 68.1 cm³/mol. The lowest BCUT2D eigenvalue weighted by Crippen LogP contribution is -2.19. The van der Waals surface area contributed by atoms with Crippen LogP contribution in [0.2, 0.25) is 0 Å². The molecule has 6 heteroatoms. The molecule has 0 aliphatic rings. The second-order valence-corrected chi connectivity index (χ2v) is 5.87. The maximum absolute atomic E-state index is 10.6. The number of hydrogen-bond donors (Lipinski definition) is 2. The van der Waals surface area contributed by atoms with Crippen LogP contribution in [0.5, 0.6) is 0 Å². The first kappa shape index (κ1) is 14.0. The third-order valence-electron chi connectivity index (χ3n) is 2.25. The summed E-state index contributed by atoms with van der Waals surface area (Å²) < 4.78 is 0. The summed E-state index contributed by atoms with van der Waals surface area (Å²) in [5.74, 6) is 1.93. The second kappa shape index (κ2) is 7.26. The molecule has 0 spiro atoms. The topological polar surface area (TPSA) is 83.6 Å². The molecule has 0 amide bonds. The van der Waals surface area contributed by atoms with Crippen LogP contribution in [0.4, 0.5) is 5.69 Å². The Kier molecular flexibility index (Phi) is 5.96. The molecule has 1 rings (SSSR count). The molecule has 1 aromatic carbocycles. The summed E-state index contributed by atoms with van der Waals surface area (Å²) in [6.07, 6.45) is 0. The van der Waals surface area contributed by atoms with Gasteiger partial charge in [-0.3, -0.25) is 10.1 Å². The molecule has 0 bridgehead atoms. The lowest BCUT2D eigenvalue weighted by Gasteiger charge is -2.06. The van der Waals surface area contributed by atoms with Gasteiger partial charge in [0.2, 0.25) is 0 Å². The Morgan fingerprint density at radius 1 is 1.24 bits per heavy atom. The van der Waals surface area contributed by atoms with Crippen LogP contribution in [-0.2, 0) is 16.6 Å². The van der Waals surface area contributed by atoms with Crippen LogP contribution < -0.4 is 0 Å². The Bertz CT molecular complexity index is 366. The molecule has 94 valence electrons. The van der Waals surface area contributed by atoms with E-state index in [9.17, 15) is 10.1 Å². The van der Waals surface area contributed by atoms with Gasteiger partial charge in [-0.05, 0) is 10.9 Å². The average Bonchev–Trinajstić information content (AvgIpc) is 2.30. The average molecular weight is 258 g/mol. The van der Waals surface area contributed by atoms with Gasteiger partial charge in [-0.1, -0.05) is 12.1 Å². The van der Waals surface area contributed by atoms with Gasteiger partial charge in [0.15, 0.2) is 0 Å². The highest BCUT2D eigenvalue weighted by Gasteiger charge is 2.18. The molecule has 1 aromatic rings. The summed E-state index contributed by atoms with van der Waals surface area (Å²) >= 11 is 0. The Morgan fingerprint density at radius 3 is 2.41 bits per heavy atom. The van der Waals surface area contributed by atoms with E-state index >= 15 is 0 Å². The summed E-state index contributed by atoms with van der Waals surface area (Å²) in [6.45, 7) is 0.163. The van der Waals surface area contributed by atoms with E-state index in [1.807, 2.05) is 6.07 Å². The monoisotopic (exact) mass is 258 g/mol. The smallest absolute Gasteiger partial charge is 0.269 e. The summed E-state index contributed by atoms with van der Waals surface area (Å²) in [4.78, 5) is 10.2. The molecular weight excluding hydrogens is 242 g/mol. The van der Waals surface area contributed by atoms with Crippen molar-refractivity contribution in [3.8, 4) is 0 Å². The van der Waals surface area contributed by atoms with Crippen molar-refractivity contribution in [1.29, 1.82) is 0 Å². The van der Waals surface area contributed by atoms with Crippen LogP contribution in [0.1, 0.15) is 5.56 Å². The fourth-order valence-corrected chi connectivity index (χ4v) is 3.16. The van der Waals surface area contributed by atoms with Crippen molar-refractivity contribution in [1.82, 2.24) is 0 Å². The van der Waals surface area contributed by atoms with Crippen molar-refractivity contribution >= 4 is 16.6 Å². The zero-order chi connectivity index (χ0) is 12.7. The summed E-state index contributed by atoms with van der Waals surface area (Å²) in [5.41, 5.74) is 0.962. The van der Waals surface area contributed by atoms with Crippen LogP contribution in [0.3, 0.4) is 0 Å². The fraction of sp³-hybridized carbons (Fsp3) is 0.455. The standard InChI is InChI=1S/C11H16NO4S/c13-4-6-17(7-5-14)9-10-2-1-3-11(8-10)12(15)16/h1-3,8,13-14H,4-7,9H2/q+1. The molecule has 0 fully saturated rings. The van der Waals surface area contributed by atoms with Gasteiger partial charge in [0.05, 0.1) is 18.1 Å². The van der Waals surface area contributed by atoms with Crippen LogP contribution in [0.25, 0.3) is 0 Å². The quantitative estimate of drug-likeness (QED) is 0.428. The third kappa shape index (κ3) is 4.72.